The Balaban J connectivity index is 4.97. The van der Waals surface area contributed by atoms with E-state index in [4.69, 9.17) is 0 Å². The molecule has 0 amide bonds. The minimum atomic E-state index is -3.64. The first-order valence-corrected chi connectivity index (χ1v) is 7.69. The Morgan fingerprint density at radius 2 is 1.67 bits per heavy atom. The van der Waals surface area contributed by atoms with E-state index < -0.39 is 37.2 Å². The molecular weight excluding hydrogens is 263 g/mol. The van der Waals surface area contributed by atoms with Crippen molar-refractivity contribution >= 4 is 25.1 Å². The van der Waals surface area contributed by atoms with Gasteiger partial charge in [0.15, 0.2) is 7.37 Å². The molecule has 0 spiro atoms. The van der Waals surface area contributed by atoms with Gasteiger partial charge in [-0.25, -0.2) is 4.79 Å². The zero-order valence-corrected chi connectivity index (χ0v) is 11.4. The van der Waals surface area contributed by atoms with Gasteiger partial charge in [-0.15, -0.1) is 0 Å². The van der Waals surface area contributed by atoms with E-state index in [0.29, 0.717) is 0 Å². The molecule has 0 fully saturated rings. The highest BCUT2D eigenvalue weighted by Crippen LogP contribution is 2.38. The van der Waals surface area contributed by atoms with Crippen molar-refractivity contribution < 1.29 is 33.3 Å². The van der Waals surface area contributed by atoms with Crippen molar-refractivity contribution in [3.63, 3.8) is 0 Å². The molecule has 2 atom stereocenters. The minimum Gasteiger partial charge on any atom is -0.465 e. The van der Waals surface area contributed by atoms with Crippen molar-refractivity contribution in [2.45, 2.75) is 13.8 Å². The number of rotatable bonds is 7. The second kappa shape index (κ2) is 7.28. The van der Waals surface area contributed by atoms with Crippen molar-refractivity contribution in [2.24, 2.45) is 5.92 Å². The highest BCUT2D eigenvalue weighted by atomic mass is 31.2. The van der Waals surface area contributed by atoms with E-state index in [0.717, 1.165) is 6.66 Å². The monoisotopic (exact) mass is 280 g/mol. The first-order chi connectivity index (χ1) is 8.22. The lowest BCUT2D eigenvalue weighted by atomic mass is 10.1. The summed E-state index contributed by atoms with van der Waals surface area (Å²) < 4.78 is 20.3. The lowest BCUT2D eigenvalue weighted by Gasteiger charge is -2.15. The Bertz CT molecular complexity index is 370. The summed E-state index contributed by atoms with van der Waals surface area (Å²) in [5.41, 5.74) is 0. The summed E-state index contributed by atoms with van der Waals surface area (Å²) in [5, 5.41) is 0. The van der Waals surface area contributed by atoms with Gasteiger partial charge in [0.05, 0.1) is 13.2 Å². The van der Waals surface area contributed by atoms with Crippen LogP contribution in [0.1, 0.15) is 13.8 Å². The summed E-state index contributed by atoms with van der Waals surface area (Å²) in [4.78, 5) is 43.5. The van der Waals surface area contributed by atoms with Gasteiger partial charge < -0.3 is 14.4 Å². The van der Waals surface area contributed by atoms with Gasteiger partial charge in [-0.2, -0.15) is 0 Å². The van der Waals surface area contributed by atoms with Gasteiger partial charge in [-0.1, -0.05) is 0 Å². The van der Waals surface area contributed by atoms with Gasteiger partial charge in [0.1, 0.15) is 5.92 Å². The normalized spacial score (nSPS) is 15.3. The summed E-state index contributed by atoms with van der Waals surface area (Å²) in [7, 11) is -3.64. The Morgan fingerprint density at radius 1 is 1.17 bits per heavy atom. The summed E-state index contributed by atoms with van der Waals surface area (Å²) in [5.74, 6) is -4.95. The summed E-state index contributed by atoms with van der Waals surface area (Å²) in [6.07, 6.45) is -0.635. The van der Waals surface area contributed by atoms with Crippen LogP contribution in [0.15, 0.2) is 0 Å². The Labute approximate surface area is 105 Å². The lowest BCUT2D eigenvalue weighted by molar-refractivity contribution is -0.161. The molecule has 104 valence electrons. The molecule has 0 aromatic heterocycles. The molecule has 18 heavy (non-hydrogen) atoms. The van der Waals surface area contributed by atoms with Crippen LogP contribution in [-0.2, 0) is 28.4 Å². The van der Waals surface area contributed by atoms with Crippen molar-refractivity contribution in [1.29, 1.82) is 0 Å². The molecule has 2 unspecified atom stereocenters. The third kappa shape index (κ3) is 5.93. The second-order valence-corrected chi connectivity index (χ2v) is 6.09. The molecule has 0 aliphatic rings. The molecule has 0 aromatic rings. The van der Waals surface area contributed by atoms with E-state index in [2.05, 4.69) is 9.47 Å². The van der Waals surface area contributed by atoms with Crippen LogP contribution in [0.2, 0.25) is 0 Å². The smallest absolute Gasteiger partial charge is 0.375 e. The number of esters is 2. The minimum absolute atomic E-state index is 0.00484. The molecule has 0 heterocycles. The molecule has 0 aliphatic heterocycles. The number of carbonyl (C=O) groups is 3. The van der Waals surface area contributed by atoms with Gasteiger partial charge in [-0.3, -0.25) is 14.2 Å². The maximum atomic E-state index is 11.6. The third-order valence-electron chi connectivity index (χ3n) is 1.89. The van der Waals surface area contributed by atoms with E-state index in [1.54, 1.807) is 0 Å². The quantitative estimate of drug-likeness (QED) is 0.307. The van der Waals surface area contributed by atoms with Crippen LogP contribution in [0, 0.1) is 5.92 Å². The standard InChI is InChI=1S/C10H17O7P/c1-4-16-9(12)7(6-18(3,14)15)8(11)10(13)17-5-2/h7H,4-6H2,1-3H3,(H,14,15). The third-order valence-corrected chi connectivity index (χ3v) is 2.93. The van der Waals surface area contributed by atoms with Crippen molar-refractivity contribution in [1.82, 2.24) is 0 Å². The molecule has 0 aliphatic carbocycles. The van der Waals surface area contributed by atoms with Crippen LogP contribution in [0.3, 0.4) is 0 Å². The van der Waals surface area contributed by atoms with E-state index in [9.17, 15) is 23.8 Å². The largest absolute Gasteiger partial charge is 0.465 e. The molecule has 0 saturated heterocycles. The summed E-state index contributed by atoms with van der Waals surface area (Å²) >= 11 is 0. The molecule has 8 heteroatoms. The van der Waals surface area contributed by atoms with Crippen LogP contribution in [0.4, 0.5) is 0 Å². The number of hydrogen-bond donors (Lipinski definition) is 1. The maximum absolute atomic E-state index is 11.6. The fourth-order valence-corrected chi connectivity index (χ4v) is 2.18. The first kappa shape index (κ1) is 16.8. The number of carbonyl (C=O) groups excluding carboxylic acids is 3. The van der Waals surface area contributed by atoms with Gasteiger partial charge in [-0.05, 0) is 13.8 Å². The number of hydrogen-bond acceptors (Lipinski definition) is 6. The van der Waals surface area contributed by atoms with Crippen molar-refractivity contribution in [3.05, 3.63) is 0 Å². The molecule has 7 nitrogen and oxygen atoms in total. The maximum Gasteiger partial charge on any atom is 0.375 e. The average molecular weight is 280 g/mol. The zero-order valence-electron chi connectivity index (χ0n) is 10.5. The number of ketones is 1. The predicted octanol–water partition coefficient (Wildman–Crippen LogP) is 0.198. The van der Waals surface area contributed by atoms with E-state index in [-0.39, 0.29) is 13.2 Å². The number of ether oxygens (including phenoxy) is 2. The lowest BCUT2D eigenvalue weighted by Crippen LogP contribution is -2.35. The molecule has 0 aromatic carbocycles. The zero-order chi connectivity index (χ0) is 14.3. The van der Waals surface area contributed by atoms with Gasteiger partial charge in [0.2, 0.25) is 0 Å². The van der Waals surface area contributed by atoms with E-state index in [1.165, 1.54) is 13.8 Å². The Morgan fingerprint density at radius 3 is 2.06 bits per heavy atom. The number of Topliss-reactive ketones (excluding diaryl/α,β-unsaturated/α-hetero) is 1. The Kier molecular flexibility index (Phi) is 6.80. The van der Waals surface area contributed by atoms with Crippen LogP contribution in [0.5, 0.6) is 0 Å². The fraction of sp³-hybridized carbons (Fsp3) is 0.700. The molecule has 1 N–H and O–H groups in total. The molecule has 0 saturated carbocycles. The molecule has 0 bridgehead atoms. The second-order valence-electron chi connectivity index (χ2n) is 3.62. The summed E-state index contributed by atoms with van der Waals surface area (Å²) in [6, 6.07) is 0. The first-order valence-electron chi connectivity index (χ1n) is 5.39. The SMILES string of the molecule is CCOC(=O)C(=O)C(CP(C)(=O)O)C(=O)OCC. The molecule has 0 radical (unpaired) electrons. The van der Waals surface area contributed by atoms with E-state index >= 15 is 0 Å². The average Bonchev–Trinajstić information content (AvgIpc) is 2.24. The van der Waals surface area contributed by atoms with Crippen LogP contribution >= 0.6 is 7.37 Å². The van der Waals surface area contributed by atoms with Crippen molar-refractivity contribution in [2.75, 3.05) is 26.0 Å². The highest BCUT2D eigenvalue weighted by Gasteiger charge is 2.37. The van der Waals surface area contributed by atoms with Gasteiger partial charge in [0, 0.05) is 12.8 Å². The van der Waals surface area contributed by atoms with Gasteiger partial charge in [0.25, 0.3) is 5.78 Å². The van der Waals surface area contributed by atoms with Crippen LogP contribution < -0.4 is 0 Å². The molecular formula is C10H17O7P. The van der Waals surface area contributed by atoms with Crippen LogP contribution in [-0.4, -0.2) is 48.7 Å². The molecule has 0 rings (SSSR count). The predicted molar refractivity (Wildman–Crippen MR) is 62.4 cm³/mol. The fourth-order valence-electron chi connectivity index (χ4n) is 1.19. The topological polar surface area (TPSA) is 107 Å². The highest BCUT2D eigenvalue weighted by molar-refractivity contribution is 7.57. The summed E-state index contributed by atoms with van der Waals surface area (Å²) in [6.45, 7) is 4.00. The van der Waals surface area contributed by atoms with Crippen LogP contribution in [0.25, 0.3) is 0 Å². The van der Waals surface area contributed by atoms with E-state index in [1.807, 2.05) is 0 Å². The van der Waals surface area contributed by atoms with Gasteiger partial charge >= 0.3 is 11.9 Å². The van der Waals surface area contributed by atoms with Crippen molar-refractivity contribution in [3.8, 4) is 0 Å². The Hall–Kier alpha value is -1.20.